The van der Waals surface area contributed by atoms with Crippen molar-refractivity contribution >= 4 is 29.2 Å². The van der Waals surface area contributed by atoms with Crippen LogP contribution in [0.4, 0.5) is 5.69 Å². The van der Waals surface area contributed by atoms with Crippen LogP contribution in [0.25, 0.3) is 0 Å². The van der Waals surface area contributed by atoms with Gasteiger partial charge in [0, 0.05) is 13.6 Å². The summed E-state index contributed by atoms with van der Waals surface area (Å²) in [6.07, 6.45) is 1.50. The standard InChI is InChI=1S/C12H16ClN3O3/c1-3-19-10(17)4-5-16(2)12(18)9-6-8(14)7-15-11(9)13/h6-7H,3-5,14H2,1-2H3. The van der Waals surface area contributed by atoms with Crippen LogP contribution in [-0.2, 0) is 9.53 Å². The van der Waals surface area contributed by atoms with E-state index >= 15 is 0 Å². The number of carbonyl (C=O) groups is 2. The third-order valence-corrected chi connectivity index (χ3v) is 2.70. The molecule has 0 saturated carbocycles. The average Bonchev–Trinajstić information content (AvgIpc) is 2.38. The highest BCUT2D eigenvalue weighted by Crippen LogP contribution is 2.17. The van der Waals surface area contributed by atoms with E-state index in [0.717, 1.165) is 0 Å². The summed E-state index contributed by atoms with van der Waals surface area (Å²) in [5.74, 6) is -0.687. The summed E-state index contributed by atoms with van der Waals surface area (Å²) in [7, 11) is 1.57. The van der Waals surface area contributed by atoms with Crippen LogP contribution in [0.1, 0.15) is 23.7 Å². The number of pyridine rings is 1. The highest BCUT2D eigenvalue weighted by Gasteiger charge is 2.17. The molecule has 0 bridgehead atoms. The first-order chi connectivity index (χ1) is 8.95. The van der Waals surface area contributed by atoms with Crippen molar-refractivity contribution in [3.8, 4) is 0 Å². The molecule has 0 aliphatic carbocycles. The number of aromatic nitrogens is 1. The summed E-state index contributed by atoms with van der Waals surface area (Å²) >= 11 is 5.84. The number of nitrogens with zero attached hydrogens (tertiary/aromatic N) is 2. The van der Waals surface area contributed by atoms with Crippen LogP contribution in [0, 0.1) is 0 Å². The number of halogens is 1. The van der Waals surface area contributed by atoms with Gasteiger partial charge in [-0.25, -0.2) is 4.98 Å². The van der Waals surface area contributed by atoms with Crippen molar-refractivity contribution in [3.63, 3.8) is 0 Å². The van der Waals surface area contributed by atoms with E-state index in [0.29, 0.717) is 12.3 Å². The number of ether oxygens (including phenoxy) is 1. The second-order valence-corrected chi connectivity index (χ2v) is 4.25. The van der Waals surface area contributed by atoms with Crippen molar-refractivity contribution in [1.29, 1.82) is 0 Å². The van der Waals surface area contributed by atoms with Gasteiger partial charge in [-0.15, -0.1) is 0 Å². The minimum atomic E-state index is -0.348. The van der Waals surface area contributed by atoms with Crippen molar-refractivity contribution in [2.45, 2.75) is 13.3 Å². The molecule has 0 spiro atoms. The zero-order chi connectivity index (χ0) is 14.4. The summed E-state index contributed by atoms with van der Waals surface area (Å²) in [5.41, 5.74) is 6.13. The van der Waals surface area contributed by atoms with Gasteiger partial charge in [-0.3, -0.25) is 9.59 Å². The fourth-order valence-corrected chi connectivity index (χ4v) is 1.60. The average molecular weight is 286 g/mol. The number of esters is 1. The van der Waals surface area contributed by atoms with Crippen LogP contribution in [0.3, 0.4) is 0 Å². The SMILES string of the molecule is CCOC(=O)CCN(C)C(=O)c1cc(N)cnc1Cl. The predicted molar refractivity (Wildman–Crippen MR) is 71.9 cm³/mol. The van der Waals surface area contributed by atoms with Gasteiger partial charge in [0.1, 0.15) is 5.15 Å². The summed E-state index contributed by atoms with van der Waals surface area (Å²) in [6, 6.07) is 1.46. The minimum Gasteiger partial charge on any atom is -0.466 e. The molecule has 6 nitrogen and oxygen atoms in total. The molecule has 2 N–H and O–H groups in total. The van der Waals surface area contributed by atoms with E-state index in [1.54, 1.807) is 14.0 Å². The Bertz CT molecular complexity index is 479. The highest BCUT2D eigenvalue weighted by molar-refractivity contribution is 6.32. The predicted octanol–water partition coefficient (Wildman–Crippen LogP) is 1.34. The number of hydrogen-bond acceptors (Lipinski definition) is 5. The Hall–Kier alpha value is -1.82. The monoisotopic (exact) mass is 285 g/mol. The minimum absolute atomic E-state index is 0.0854. The van der Waals surface area contributed by atoms with Crippen LogP contribution in [0.5, 0.6) is 0 Å². The molecule has 0 fully saturated rings. The molecule has 1 aromatic rings. The second-order valence-electron chi connectivity index (χ2n) is 3.89. The lowest BCUT2D eigenvalue weighted by atomic mass is 10.2. The van der Waals surface area contributed by atoms with Crippen LogP contribution < -0.4 is 5.73 Å². The highest BCUT2D eigenvalue weighted by atomic mass is 35.5. The summed E-state index contributed by atoms with van der Waals surface area (Å²) < 4.78 is 4.79. The second kappa shape index (κ2) is 6.94. The van der Waals surface area contributed by atoms with Gasteiger partial charge < -0.3 is 15.4 Å². The molecule has 0 atom stereocenters. The number of hydrogen-bond donors (Lipinski definition) is 1. The maximum atomic E-state index is 12.1. The molecule has 1 amide bonds. The molecule has 0 aromatic carbocycles. The van der Waals surface area contributed by atoms with Gasteiger partial charge in [-0.05, 0) is 13.0 Å². The summed E-state index contributed by atoms with van der Waals surface area (Å²) in [4.78, 5) is 28.5. The van der Waals surface area contributed by atoms with E-state index in [1.807, 2.05) is 0 Å². The van der Waals surface area contributed by atoms with E-state index < -0.39 is 0 Å². The van der Waals surface area contributed by atoms with Gasteiger partial charge >= 0.3 is 5.97 Å². The van der Waals surface area contributed by atoms with Crippen molar-refractivity contribution in [2.24, 2.45) is 0 Å². The lowest BCUT2D eigenvalue weighted by molar-refractivity contribution is -0.143. The Morgan fingerprint density at radius 3 is 2.84 bits per heavy atom. The van der Waals surface area contributed by atoms with Crippen LogP contribution >= 0.6 is 11.6 Å². The van der Waals surface area contributed by atoms with E-state index in [4.69, 9.17) is 22.1 Å². The summed E-state index contributed by atoms with van der Waals surface area (Å²) in [5, 5.41) is 0.0854. The quantitative estimate of drug-likeness (QED) is 0.652. The molecule has 0 aliphatic heterocycles. The first kappa shape index (κ1) is 15.2. The molecule has 0 unspecified atom stereocenters. The topological polar surface area (TPSA) is 85.5 Å². The molecule has 0 radical (unpaired) electrons. The fraction of sp³-hybridized carbons (Fsp3) is 0.417. The van der Waals surface area contributed by atoms with Gasteiger partial charge in [-0.2, -0.15) is 0 Å². The Labute approximate surface area is 116 Å². The molecular formula is C12H16ClN3O3. The van der Waals surface area contributed by atoms with Crippen LogP contribution in [0.2, 0.25) is 5.15 Å². The summed E-state index contributed by atoms with van der Waals surface area (Å²) in [6.45, 7) is 2.29. The number of carbonyl (C=O) groups excluding carboxylic acids is 2. The first-order valence-electron chi connectivity index (χ1n) is 5.77. The first-order valence-corrected chi connectivity index (χ1v) is 6.15. The number of anilines is 1. The number of rotatable bonds is 5. The lowest BCUT2D eigenvalue weighted by Gasteiger charge is -2.17. The molecule has 0 aliphatic rings. The van der Waals surface area contributed by atoms with Crippen molar-refractivity contribution in [3.05, 3.63) is 23.0 Å². The third kappa shape index (κ3) is 4.40. The van der Waals surface area contributed by atoms with Gasteiger partial charge in [0.2, 0.25) is 0 Å². The Kier molecular flexibility index (Phi) is 5.57. The van der Waals surface area contributed by atoms with Gasteiger partial charge in [-0.1, -0.05) is 11.6 Å². The van der Waals surface area contributed by atoms with Gasteiger partial charge in [0.05, 0.1) is 30.5 Å². The van der Waals surface area contributed by atoms with Crippen molar-refractivity contribution in [2.75, 3.05) is 25.9 Å². The largest absolute Gasteiger partial charge is 0.466 e. The number of amides is 1. The Balaban J connectivity index is 2.66. The molecule has 104 valence electrons. The fourth-order valence-electron chi connectivity index (χ4n) is 1.41. The normalized spacial score (nSPS) is 10.1. The lowest BCUT2D eigenvalue weighted by Crippen LogP contribution is -2.29. The maximum absolute atomic E-state index is 12.1. The molecule has 0 saturated heterocycles. The third-order valence-electron chi connectivity index (χ3n) is 2.39. The van der Waals surface area contributed by atoms with Crippen LogP contribution in [-0.4, -0.2) is 42.0 Å². The van der Waals surface area contributed by atoms with Crippen molar-refractivity contribution in [1.82, 2.24) is 9.88 Å². The zero-order valence-electron chi connectivity index (χ0n) is 10.9. The van der Waals surface area contributed by atoms with Crippen molar-refractivity contribution < 1.29 is 14.3 Å². The Morgan fingerprint density at radius 1 is 1.53 bits per heavy atom. The Morgan fingerprint density at radius 2 is 2.21 bits per heavy atom. The number of nitrogens with two attached hydrogens (primary N) is 1. The molecule has 1 rings (SSSR count). The number of nitrogen functional groups attached to an aromatic ring is 1. The van der Waals surface area contributed by atoms with E-state index in [1.165, 1.54) is 17.2 Å². The van der Waals surface area contributed by atoms with E-state index in [-0.39, 0.29) is 35.6 Å². The molecule has 1 aromatic heterocycles. The molecule has 19 heavy (non-hydrogen) atoms. The molecule has 1 heterocycles. The van der Waals surface area contributed by atoms with Gasteiger partial charge in [0.25, 0.3) is 5.91 Å². The molecule has 7 heteroatoms. The van der Waals surface area contributed by atoms with Gasteiger partial charge in [0.15, 0.2) is 0 Å². The van der Waals surface area contributed by atoms with E-state index in [2.05, 4.69) is 4.98 Å². The smallest absolute Gasteiger partial charge is 0.307 e. The maximum Gasteiger partial charge on any atom is 0.307 e. The molecular weight excluding hydrogens is 270 g/mol. The van der Waals surface area contributed by atoms with E-state index in [9.17, 15) is 9.59 Å². The van der Waals surface area contributed by atoms with Crippen LogP contribution in [0.15, 0.2) is 12.3 Å². The zero-order valence-corrected chi connectivity index (χ0v) is 11.6.